The van der Waals surface area contributed by atoms with Crippen LogP contribution in [0.25, 0.3) is 0 Å². The molecule has 0 saturated carbocycles. The zero-order valence-electron chi connectivity index (χ0n) is 11.4. The highest BCUT2D eigenvalue weighted by Crippen LogP contribution is 2.10. The SMILES string of the molecule is CCC(C)N1CCN(C(=O)c2ccc(=O)[nH]n2)CC1. The highest BCUT2D eigenvalue weighted by molar-refractivity contribution is 5.92. The number of aromatic nitrogens is 2. The number of carbonyl (C=O) groups excluding carboxylic acids is 1. The molecule has 1 unspecified atom stereocenters. The Kier molecular flexibility index (Phi) is 4.31. The summed E-state index contributed by atoms with van der Waals surface area (Å²) in [6, 6.07) is 3.36. The highest BCUT2D eigenvalue weighted by Gasteiger charge is 2.24. The lowest BCUT2D eigenvalue weighted by molar-refractivity contribution is 0.0573. The van der Waals surface area contributed by atoms with Crippen LogP contribution >= 0.6 is 0 Å². The molecule has 6 nitrogen and oxygen atoms in total. The lowest BCUT2D eigenvalue weighted by atomic mass is 10.2. The summed E-state index contributed by atoms with van der Waals surface area (Å²) >= 11 is 0. The average Bonchev–Trinajstić information content (AvgIpc) is 2.46. The number of hydrogen-bond donors (Lipinski definition) is 1. The van der Waals surface area contributed by atoms with E-state index in [0.717, 1.165) is 19.5 Å². The molecular formula is C13H20N4O2. The molecule has 0 aliphatic carbocycles. The Bertz CT molecular complexity index is 471. The van der Waals surface area contributed by atoms with Gasteiger partial charge in [-0.15, -0.1) is 0 Å². The molecule has 1 amide bonds. The Labute approximate surface area is 112 Å². The zero-order valence-corrected chi connectivity index (χ0v) is 11.4. The second kappa shape index (κ2) is 5.97. The van der Waals surface area contributed by atoms with E-state index in [-0.39, 0.29) is 11.5 Å². The zero-order chi connectivity index (χ0) is 13.8. The maximum Gasteiger partial charge on any atom is 0.274 e. The molecule has 2 heterocycles. The Morgan fingerprint density at radius 3 is 2.58 bits per heavy atom. The first-order valence-electron chi connectivity index (χ1n) is 6.71. The molecule has 19 heavy (non-hydrogen) atoms. The van der Waals surface area contributed by atoms with E-state index in [1.54, 1.807) is 4.90 Å². The molecule has 6 heteroatoms. The Hall–Kier alpha value is -1.69. The summed E-state index contributed by atoms with van der Waals surface area (Å²) in [5.74, 6) is -0.111. The van der Waals surface area contributed by atoms with Gasteiger partial charge in [-0.3, -0.25) is 14.5 Å². The van der Waals surface area contributed by atoms with E-state index in [0.29, 0.717) is 24.8 Å². The Balaban J connectivity index is 1.96. The standard InChI is InChI=1S/C13H20N4O2/c1-3-10(2)16-6-8-17(9-7-16)13(19)11-4-5-12(18)15-14-11/h4-5,10H,3,6-9H2,1-2H3,(H,15,18). The van der Waals surface area contributed by atoms with E-state index in [1.165, 1.54) is 12.1 Å². The number of nitrogens with zero attached hydrogens (tertiary/aromatic N) is 3. The van der Waals surface area contributed by atoms with Crippen LogP contribution in [0.1, 0.15) is 30.8 Å². The minimum absolute atomic E-state index is 0.111. The summed E-state index contributed by atoms with van der Waals surface area (Å²) in [5.41, 5.74) is 0.00901. The molecule has 1 N–H and O–H groups in total. The summed E-state index contributed by atoms with van der Waals surface area (Å²) in [7, 11) is 0. The predicted molar refractivity (Wildman–Crippen MR) is 72.1 cm³/mol. The van der Waals surface area contributed by atoms with Crippen molar-refractivity contribution in [1.82, 2.24) is 20.0 Å². The molecule has 1 aromatic heterocycles. The van der Waals surface area contributed by atoms with E-state index >= 15 is 0 Å². The topological polar surface area (TPSA) is 69.3 Å². The third-order valence-electron chi connectivity index (χ3n) is 3.71. The van der Waals surface area contributed by atoms with Crippen LogP contribution in [0.5, 0.6) is 0 Å². The molecule has 2 rings (SSSR count). The highest BCUT2D eigenvalue weighted by atomic mass is 16.2. The van der Waals surface area contributed by atoms with Gasteiger partial charge in [-0.1, -0.05) is 6.92 Å². The Morgan fingerprint density at radius 1 is 1.37 bits per heavy atom. The largest absolute Gasteiger partial charge is 0.335 e. The van der Waals surface area contributed by atoms with Crippen LogP contribution in [-0.2, 0) is 0 Å². The van der Waals surface area contributed by atoms with Crippen molar-refractivity contribution < 1.29 is 4.79 Å². The van der Waals surface area contributed by atoms with Gasteiger partial charge in [0.25, 0.3) is 11.5 Å². The van der Waals surface area contributed by atoms with Gasteiger partial charge in [0.15, 0.2) is 0 Å². The molecule has 0 spiro atoms. The minimum atomic E-state index is -0.293. The van der Waals surface area contributed by atoms with Crippen molar-refractivity contribution in [2.75, 3.05) is 26.2 Å². The number of hydrogen-bond acceptors (Lipinski definition) is 4. The molecule has 0 bridgehead atoms. The fourth-order valence-corrected chi connectivity index (χ4v) is 2.25. The smallest absolute Gasteiger partial charge is 0.274 e. The average molecular weight is 264 g/mol. The fourth-order valence-electron chi connectivity index (χ4n) is 2.25. The van der Waals surface area contributed by atoms with Crippen LogP contribution in [0.3, 0.4) is 0 Å². The van der Waals surface area contributed by atoms with Crippen LogP contribution in [0.4, 0.5) is 0 Å². The summed E-state index contributed by atoms with van der Waals surface area (Å²) in [6.07, 6.45) is 1.12. The first-order valence-corrected chi connectivity index (χ1v) is 6.71. The predicted octanol–water partition coefficient (Wildman–Crippen LogP) is 0.326. The van der Waals surface area contributed by atoms with Gasteiger partial charge < -0.3 is 4.90 Å². The number of aromatic amines is 1. The number of amides is 1. The number of carbonyl (C=O) groups is 1. The molecule has 0 aromatic carbocycles. The molecule has 104 valence electrons. The molecule has 1 atom stereocenters. The number of nitrogens with one attached hydrogen (secondary N) is 1. The quantitative estimate of drug-likeness (QED) is 0.854. The van der Waals surface area contributed by atoms with Crippen LogP contribution in [0.15, 0.2) is 16.9 Å². The second-order valence-electron chi connectivity index (χ2n) is 4.89. The second-order valence-corrected chi connectivity index (χ2v) is 4.89. The van der Waals surface area contributed by atoms with Gasteiger partial charge in [-0.2, -0.15) is 5.10 Å². The van der Waals surface area contributed by atoms with E-state index in [1.807, 2.05) is 0 Å². The minimum Gasteiger partial charge on any atom is -0.335 e. The maximum absolute atomic E-state index is 12.2. The lowest BCUT2D eigenvalue weighted by Crippen LogP contribution is -2.51. The summed E-state index contributed by atoms with van der Waals surface area (Å²) in [4.78, 5) is 27.3. The van der Waals surface area contributed by atoms with Crippen molar-refractivity contribution in [1.29, 1.82) is 0 Å². The molecule has 1 fully saturated rings. The van der Waals surface area contributed by atoms with E-state index in [9.17, 15) is 9.59 Å². The van der Waals surface area contributed by atoms with Crippen molar-refractivity contribution in [2.24, 2.45) is 0 Å². The molecule has 1 aromatic rings. The first kappa shape index (κ1) is 13.7. The van der Waals surface area contributed by atoms with Crippen molar-refractivity contribution in [2.45, 2.75) is 26.3 Å². The van der Waals surface area contributed by atoms with Crippen LogP contribution < -0.4 is 5.56 Å². The van der Waals surface area contributed by atoms with Crippen LogP contribution in [0.2, 0.25) is 0 Å². The lowest BCUT2D eigenvalue weighted by Gasteiger charge is -2.37. The fraction of sp³-hybridized carbons (Fsp3) is 0.615. The van der Waals surface area contributed by atoms with Gasteiger partial charge >= 0.3 is 0 Å². The van der Waals surface area contributed by atoms with Crippen molar-refractivity contribution in [3.05, 3.63) is 28.2 Å². The van der Waals surface area contributed by atoms with Gasteiger partial charge in [-0.05, 0) is 19.4 Å². The first-order chi connectivity index (χ1) is 9.11. The maximum atomic E-state index is 12.2. The molecule has 1 aliphatic rings. The number of H-pyrrole nitrogens is 1. The normalized spacial score (nSPS) is 18.3. The third-order valence-corrected chi connectivity index (χ3v) is 3.71. The summed E-state index contributed by atoms with van der Waals surface area (Å²) < 4.78 is 0. The van der Waals surface area contributed by atoms with Gasteiger partial charge in [-0.25, -0.2) is 5.10 Å². The third kappa shape index (κ3) is 3.20. The van der Waals surface area contributed by atoms with Crippen molar-refractivity contribution in [3.63, 3.8) is 0 Å². The molecule has 1 aliphatic heterocycles. The molecule has 0 radical (unpaired) electrons. The molecule has 1 saturated heterocycles. The van der Waals surface area contributed by atoms with E-state index < -0.39 is 0 Å². The monoisotopic (exact) mass is 264 g/mol. The van der Waals surface area contributed by atoms with Gasteiger partial charge in [0.05, 0.1) is 0 Å². The van der Waals surface area contributed by atoms with Crippen LogP contribution in [-0.4, -0.2) is 58.1 Å². The molecular weight excluding hydrogens is 244 g/mol. The van der Waals surface area contributed by atoms with E-state index in [4.69, 9.17) is 0 Å². The van der Waals surface area contributed by atoms with Crippen molar-refractivity contribution >= 4 is 5.91 Å². The van der Waals surface area contributed by atoms with E-state index in [2.05, 4.69) is 28.9 Å². The number of rotatable bonds is 3. The van der Waals surface area contributed by atoms with Gasteiger partial charge in [0.1, 0.15) is 5.69 Å². The Morgan fingerprint density at radius 2 is 2.05 bits per heavy atom. The van der Waals surface area contributed by atoms with Gasteiger partial charge in [0.2, 0.25) is 0 Å². The summed E-state index contributed by atoms with van der Waals surface area (Å²) in [6.45, 7) is 7.59. The van der Waals surface area contributed by atoms with Gasteiger partial charge in [0, 0.05) is 38.3 Å². The number of piperazine rings is 1. The summed E-state index contributed by atoms with van der Waals surface area (Å²) in [5, 5.41) is 6.07. The van der Waals surface area contributed by atoms with Crippen LogP contribution in [0, 0.1) is 0 Å². The van der Waals surface area contributed by atoms with Crippen molar-refractivity contribution in [3.8, 4) is 0 Å².